The number of halogens is 2. The molecule has 1 unspecified atom stereocenters. The molecule has 1 saturated heterocycles. The van der Waals surface area contributed by atoms with Crippen LogP contribution in [0.5, 0.6) is 5.75 Å². The summed E-state index contributed by atoms with van der Waals surface area (Å²) < 4.78 is 5.11. The van der Waals surface area contributed by atoms with Crippen LogP contribution in [0.3, 0.4) is 0 Å². The molecule has 0 aromatic heterocycles. The predicted molar refractivity (Wildman–Crippen MR) is 75.6 cm³/mol. The molecule has 1 aliphatic heterocycles. The van der Waals surface area contributed by atoms with Crippen LogP contribution in [0.25, 0.3) is 0 Å². The van der Waals surface area contributed by atoms with Crippen molar-refractivity contribution in [3.8, 4) is 5.75 Å². The Morgan fingerprint density at radius 2 is 2.21 bits per heavy atom. The molecule has 1 aliphatic rings. The summed E-state index contributed by atoms with van der Waals surface area (Å²) in [4.78, 5) is 13.3. The van der Waals surface area contributed by atoms with Crippen molar-refractivity contribution in [1.82, 2.24) is 4.90 Å². The molecule has 1 aromatic rings. The fourth-order valence-corrected chi connectivity index (χ4v) is 2.77. The SMILES string of the molecule is COc1cc(Cl)c(CN2CCC(C(N)=O)C2)cc1Cl. The van der Waals surface area contributed by atoms with Gasteiger partial charge in [-0.25, -0.2) is 0 Å². The third kappa shape index (κ3) is 3.32. The van der Waals surface area contributed by atoms with Crippen LogP contribution in [0.4, 0.5) is 0 Å². The number of hydrogen-bond acceptors (Lipinski definition) is 3. The first kappa shape index (κ1) is 14.4. The summed E-state index contributed by atoms with van der Waals surface area (Å²) >= 11 is 12.3. The highest BCUT2D eigenvalue weighted by Crippen LogP contribution is 2.32. The van der Waals surface area contributed by atoms with E-state index < -0.39 is 0 Å². The van der Waals surface area contributed by atoms with Gasteiger partial charge in [0.2, 0.25) is 5.91 Å². The quantitative estimate of drug-likeness (QED) is 0.928. The number of hydrogen-bond donors (Lipinski definition) is 1. The molecule has 0 bridgehead atoms. The maximum atomic E-state index is 11.1. The van der Waals surface area contributed by atoms with Crippen LogP contribution < -0.4 is 10.5 Å². The van der Waals surface area contributed by atoms with Crippen molar-refractivity contribution < 1.29 is 9.53 Å². The Hall–Kier alpha value is -0.970. The van der Waals surface area contributed by atoms with Crippen molar-refractivity contribution in [3.63, 3.8) is 0 Å². The van der Waals surface area contributed by atoms with Gasteiger partial charge in [-0.3, -0.25) is 9.69 Å². The second kappa shape index (κ2) is 5.99. The number of primary amides is 1. The molecule has 1 amide bonds. The highest BCUT2D eigenvalue weighted by atomic mass is 35.5. The molecule has 0 radical (unpaired) electrons. The molecule has 0 aliphatic carbocycles. The van der Waals surface area contributed by atoms with E-state index in [2.05, 4.69) is 4.90 Å². The Morgan fingerprint density at radius 3 is 2.79 bits per heavy atom. The molecule has 0 saturated carbocycles. The fourth-order valence-electron chi connectivity index (χ4n) is 2.30. The number of ether oxygens (including phenoxy) is 1. The summed E-state index contributed by atoms with van der Waals surface area (Å²) in [6, 6.07) is 3.52. The molecule has 1 heterocycles. The third-order valence-corrected chi connectivity index (χ3v) is 4.04. The maximum Gasteiger partial charge on any atom is 0.221 e. The molecule has 19 heavy (non-hydrogen) atoms. The predicted octanol–water partition coefficient (Wildman–Crippen LogP) is 2.31. The van der Waals surface area contributed by atoms with Gasteiger partial charge in [0.1, 0.15) is 5.75 Å². The van der Waals surface area contributed by atoms with Crippen molar-refractivity contribution in [2.75, 3.05) is 20.2 Å². The summed E-state index contributed by atoms with van der Waals surface area (Å²) in [7, 11) is 1.55. The minimum Gasteiger partial charge on any atom is -0.495 e. The summed E-state index contributed by atoms with van der Waals surface area (Å²) in [5, 5.41) is 1.15. The standard InChI is InChI=1S/C13H16Cl2N2O2/c1-19-12-5-10(14)9(4-11(12)15)7-17-3-2-8(6-17)13(16)18/h4-5,8H,2-3,6-7H2,1H3,(H2,16,18). The average Bonchev–Trinajstić information content (AvgIpc) is 2.82. The van der Waals surface area contributed by atoms with Crippen LogP contribution >= 0.6 is 23.2 Å². The van der Waals surface area contributed by atoms with Gasteiger partial charge in [-0.2, -0.15) is 0 Å². The summed E-state index contributed by atoms with van der Waals surface area (Å²) in [6.45, 7) is 2.18. The zero-order valence-electron chi connectivity index (χ0n) is 10.7. The van der Waals surface area contributed by atoms with Crippen LogP contribution in [-0.2, 0) is 11.3 Å². The van der Waals surface area contributed by atoms with E-state index in [1.54, 1.807) is 19.2 Å². The normalized spacial score (nSPS) is 19.6. The molecular formula is C13H16Cl2N2O2. The zero-order valence-corrected chi connectivity index (χ0v) is 12.2. The van der Waals surface area contributed by atoms with E-state index in [1.165, 1.54) is 0 Å². The van der Waals surface area contributed by atoms with Gasteiger partial charge in [0.25, 0.3) is 0 Å². The lowest BCUT2D eigenvalue weighted by Crippen LogP contribution is -2.27. The van der Waals surface area contributed by atoms with E-state index in [0.29, 0.717) is 28.9 Å². The fraction of sp³-hybridized carbons (Fsp3) is 0.462. The smallest absolute Gasteiger partial charge is 0.221 e. The topological polar surface area (TPSA) is 55.6 Å². The molecule has 4 nitrogen and oxygen atoms in total. The van der Waals surface area contributed by atoms with Gasteiger partial charge < -0.3 is 10.5 Å². The van der Waals surface area contributed by atoms with Crippen LogP contribution in [0.15, 0.2) is 12.1 Å². The maximum absolute atomic E-state index is 11.1. The molecule has 104 valence electrons. The summed E-state index contributed by atoms with van der Waals surface area (Å²) in [6.07, 6.45) is 0.802. The number of benzene rings is 1. The van der Waals surface area contributed by atoms with E-state index in [-0.39, 0.29) is 11.8 Å². The third-order valence-electron chi connectivity index (χ3n) is 3.39. The van der Waals surface area contributed by atoms with E-state index in [1.807, 2.05) is 0 Å². The lowest BCUT2D eigenvalue weighted by atomic mass is 10.1. The first-order chi connectivity index (χ1) is 9.01. The Labute approximate surface area is 122 Å². The Kier molecular flexibility index (Phi) is 4.55. The van der Waals surface area contributed by atoms with Crippen molar-refractivity contribution >= 4 is 29.1 Å². The Bertz CT molecular complexity index is 494. The lowest BCUT2D eigenvalue weighted by Gasteiger charge is -2.17. The molecular weight excluding hydrogens is 287 g/mol. The first-order valence-corrected chi connectivity index (χ1v) is 6.80. The molecule has 1 fully saturated rings. The largest absolute Gasteiger partial charge is 0.495 e. The number of likely N-dealkylation sites (tertiary alicyclic amines) is 1. The van der Waals surface area contributed by atoms with Crippen LogP contribution in [0.1, 0.15) is 12.0 Å². The monoisotopic (exact) mass is 302 g/mol. The second-order valence-corrected chi connectivity index (χ2v) is 5.52. The van der Waals surface area contributed by atoms with Gasteiger partial charge in [-0.15, -0.1) is 0 Å². The van der Waals surface area contributed by atoms with Crippen molar-refractivity contribution in [2.45, 2.75) is 13.0 Å². The van der Waals surface area contributed by atoms with Crippen molar-refractivity contribution in [2.24, 2.45) is 11.7 Å². The second-order valence-electron chi connectivity index (χ2n) is 4.70. The Morgan fingerprint density at radius 1 is 1.47 bits per heavy atom. The minimum absolute atomic E-state index is 0.0625. The van der Waals surface area contributed by atoms with Crippen molar-refractivity contribution in [1.29, 1.82) is 0 Å². The molecule has 1 aromatic carbocycles. The number of methoxy groups -OCH3 is 1. The van der Waals surface area contributed by atoms with Crippen LogP contribution in [-0.4, -0.2) is 31.0 Å². The van der Waals surface area contributed by atoms with Gasteiger partial charge in [-0.05, 0) is 24.6 Å². The van der Waals surface area contributed by atoms with E-state index in [0.717, 1.165) is 18.5 Å². The lowest BCUT2D eigenvalue weighted by molar-refractivity contribution is -0.121. The summed E-state index contributed by atoms with van der Waals surface area (Å²) in [5.74, 6) is 0.265. The number of nitrogens with zero attached hydrogens (tertiary/aromatic N) is 1. The number of amides is 1. The molecule has 1 atom stereocenters. The van der Waals surface area contributed by atoms with Crippen LogP contribution in [0, 0.1) is 5.92 Å². The van der Waals surface area contributed by atoms with Gasteiger partial charge in [0, 0.05) is 24.2 Å². The van der Waals surface area contributed by atoms with E-state index in [9.17, 15) is 4.79 Å². The zero-order chi connectivity index (χ0) is 14.0. The van der Waals surface area contributed by atoms with Gasteiger partial charge >= 0.3 is 0 Å². The first-order valence-electron chi connectivity index (χ1n) is 6.05. The Balaban J connectivity index is 2.08. The number of carbonyl (C=O) groups excluding carboxylic acids is 1. The van der Waals surface area contributed by atoms with Crippen LogP contribution in [0.2, 0.25) is 10.0 Å². The minimum atomic E-state index is -0.235. The number of nitrogens with two attached hydrogens (primary N) is 1. The van der Waals surface area contributed by atoms with Gasteiger partial charge in [-0.1, -0.05) is 23.2 Å². The summed E-state index contributed by atoms with van der Waals surface area (Å²) in [5.41, 5.74) is 6.24. The number of rotatable bonds is 4. The van der Waals surface area contributed by atoms with Gasteiger partial charge in [0.15, 0.2) is 0 Å². The average molecular weight is 303 g/mol. The highest BCUT2D eigenvalue weighted by Gasteiger charge is 2.26. The molecule has 0 spiro atoms. The molecule has 2 rings (SSSR count). The number of carbonyl (C=O) groups is 1. The van der Waals surface area contributed by atoms with Gasteiger partial charge in [0.05, 0.1) is 18.1 Å². The van der Waals surface area contributed by atoms with E-state index >= 15 is 0 Å². The molecule has 6 heteroatoms. The van der Waals surface area contributed by atoms with E-state index in [4.69, 9.17) is 33.7 Å². The molecule has 2 N–H and O–H groups in total. The van der Waals surface area contributed by atoms with Crippen molar-refractivity contribution in [3.05, 3.63) is 27.7 Å². The highest BCUT2D eigenvalue weighted by molar-refractivity contribution is 6.34.